The number of hydrogen-bond donors (Lipinski definition) is 1. The molecule has 2 saturated heterocycles. The Labute approximate surface area is 167 Å². The number of morpholine rings is 1. The van der Waals surface area contributed by atoms with Crippen LogP contribution >= 0.6 is 11.8 Å². The number of hydrogen-bond acceptors (Lipinski definition) is 7. The molecule has 1 aromatic heterocycles. The summed E-state index contributed by atoms with van der Waals surface area (Å²) >= 11 is 1.32. The van der Waals surface area contributed by atoms with Crippen LogP contribution in [0.25, 0.3) is 6.08 Å². The summed E-state index contributed by atoms with van der Waals surface area (Å²) in [6.45, 7) is 7.01. The van der Waals surface area contributed by atoms with Crippen molar-refractivity contribution in [2.24, 2.45) is 4.99 Å². The molecule has 2 aliphatic rings. The number of anilines is 1. The third-order valence-electron chi connectivity index (χ3n) is 4.48. The Balaban J connectivity index is 1.49. The smallest absolute Gasteiger partial charge is 0.264 e. The van der Waals surface area contributed by atoms with E-state index >= 15 is 0 Å². The van der Waals surface area contributed by atoms with Crippen molar-refractivity contribution < 1.29 is 9.53 Å². The lowest BCUT2D eigenvalue weighted by Crippen LogP contribution is -2.37. The fraction of sp³-hybridized carbons (Fsp3) is 0.300. The van der Waals surface area contributed by atoms with E-state index in [2.05, 4.69) is 31.2 Å². The molecule has 1 N–H and O–H groups in total. The summed E-state index contributed by atoms with van der Waals surface area (Å²) in [5.74, 6) is 0.525. The molecule has 0 bridgehead atoms. The van der Waals surface area contributed by atoms with E-state index in [9.17, 15) is 4.79 Å². The molecule has 0 saturated carbocycles. The van der Waals surface area contributed by atoms with E-state index in [4.69, 9.17) is 4.74 Å². The average molecular weight is 395 g/mol. The first-order valence-corrected chi connectivity index (χ1v) is 9.92. The average Bonchev–Trinajstić information content (AvgIpc) is 3.04. The molecule has 7 nitrogen and oxygen atoms in total. The van der Waals surface area contributed by atoms with Crippen LogP contribution in [0, 0.1) is 13.8 Å². The number of ether oxygens (including phenoxy) is 1. The molecule has 0 radical (unpaired) electrons. The molecule has 2 fully saturated rings. The van der Waals surface area contributed by atoms with E-state index in [0.29, 0.717) is 29.2 Å². The lowest BCUT2D eigenvalue weighted by atomic mass is 10.1. The molecule has 4 rings (SSSR count). The summed E-state index contributed by atoms with van der Waals surface area (Å²) in [5.41, 5.74) is 3.90. The van der Waals surface area contributed by atoms with Crippen LogP contribution in [0.5, 0.6) is 0 Å². The third-order valence-corrected chi connectivity index (χ3v) is 5.38. The third kappa shape index (κ3) is 4.23. The minimum Gasteiger partial charge on any atom is -0.378 e. The Bertz CT molecular complexity index is 950. The standard InChI is InChI=1S/C20H21N5O2S/c1-13-3-4-16(14(2)9-13)23-20-24-18(26)17(28-20)10-15-11-21-19(22-12-15)25-5-7-27-8-6-25/h3-4,9-12H,5-8H2,1-2H3,(H,23,24,26)/b17-10+. The number of thioether (sulfide) groups is 1. The number of benzene rings is 1. The second-order valence-electron chi connectivity index (χ2n) is 6.69. The number of nitrogens with one attached hydrogen (secondary N) is 1. The van der Waals surface area contributed by atoms with Gasteiger partial charge in [0.15, 0.2) is 5.17 Å². The highest BCUT2D eigenvalue weighted by atomic mass is 32.2. The highest BCUT2D eigenvalue weighted by Gasteiger charge is 2.24. The summed E-state index contributed by atoms with van der Waals surface area (Å²) in [4.78, 5) is 28.4. The van der Waals surface area contributed by atoms with Crippen LogP contribution in [0.15, 0.2) is 40.5 Å². The Morgan fingerprint density at radius 2 is 1.96 bits per heavy atom. The molecule has 2 aromatic rings. The Morgan fingerprint density at radius 3 is 2.68 bits per heavy atom. The highest BCUT2D eigenvalue weighted by molar-refractivity contribution is 8.18. The SMILES string of the molecule is Cc1ccc(N=C2NC(=O)/C(=C\c3cnc(N4CCOCC4)nc3)S2)c(C)c1. The Morgan fingerprint density at radius 1 is 1.21 bits per heavy atom. The lowest BCUT2D eigenvalue weighted by molar-refractivity contribution is -0.115. The number of nitrogens with zero attached hydrogens (tertiary/aromatic N) is 4. The van der Waals surface area contributed by atoms with Crippen molar-refractivity contribution in [3.8, 4) is 0 Å². The summed E-state index contributed by atoms with van der Waals surface area (Å²) in [5, 5.41) is 3.40. The van der Waals surface area contributed by atoms with Gasteiger partial charge in [-0.2, -0.15) is 0 Å². The molecule has 1 aromatic carbocycles. The zero-order valence-corrected chi connectivity index (χ0v) is 16.6. The predicted octanol–water partition coefficient (Wildman–Crippen LogP) is 2.82. The van der Waals surface area contributed by atoms with Gasteiger partial charge in [-0.3, -0.25) is 4.79 Å². The summed E-state index contributed by atoms with van der Waals surface area (Å²) in [6, 6.07) is 6.05. The van der Waals surface area contributed by atoms with Gasteiger partial charge in [0.05, 0.1) is 23.8 Å². The first-order chi connectivity index (χ1) is 13.6. The molecular weight excluding hydrogens is 374 g/mol. The molecule has 0 unspecified atom stereocenters. The normalized spacial score (nSPS) is 20.1. The van der Waals surface area contributed by atoms with E-state index in [1.165, 1.54) is 17.3 Å². The molecule has 1 amide bonds. The fourth-order valence-corrected chi connectivity index (χ4v) is 3.84. The number of aliphatic imine (C=N–C) groups is 1. The van der Waals surface area contributed by atoms with Crippen molar-refractivity contribution >= 4 is 40.5 Å². The molecule has 0 atom stereocenters. The second-order valence-corrected chi connectivity index (χ2v) is 7.72. The highest BCUT2D eigenvalue weighted by Crippen LogP contribution is 2.29. The number of aryl methyl sites for hydroxylation is 2. The molecule has 28 heavy (non-hydrogen) atoms. The minimum absolute atomic E-state index is 0.161. The molecular formula is C20H21N5O2S. The van der Waals surface area contributed by atoms with Crippen LogP contribution in [-0.4, -0.2) is 47.3 Å². The van der Waals surface area contributed by atoms with Crippen molar-refractivity contribution in [3.63, 3.8) is 0 Å². The number of aromatic nitrogens is 2. The number of carbonyl (C=O) groups is 1. The van der Waals surface area contributed by atoms with Crippen LogP contribution in [0.2, 0.25) is 0 Å². The molecule has 0 aliphatic carbocycles. The first kappa shape index (κ1) is 18.6. The maximum Gasteiger partial charge on any atom is 0.264 e. The van der Waals surface area contributed by atoms with Crippen LogP contribution in [0.1, 0.15) is 16.7 Å². The van der Waals surface area contributed by atoms with Crippen LogP contribution < -0.4 is 10.2 Å². The van der Waals surface area contributed by atoms with E-state index in [-0.39, 0.29) is 5.91 Å². The Kier molecular flexibility index (Phi) is 5.40. The number of amidine groups is 1. The molecule has 3 heterocycles. The van der Waals surface area contributed by atoms with E-state index < -0.39 is 0 Å². The van der Waals surface area contributed by atoms with Gasteiger partial charge in [-0.25, -0.2) is 15.0 Å². The van der Waals surface area contributed by atoms with Gasteiger partial charge >= 0.3 is 0 Å². The van der Waals surface area contributed by atoms with Crippen LogP contribution in [0.4, 0.5) is 11.6 Å². The Hall–Kier alpha value is -2.71. The van der Waals surface area contributed by atoms with Gasteiger partial charge in [0.25, 0.3) is 5.91 Å². The monoisotopic (exact) mass is 395 g/mol. The van der Waals surface area contributed by atoms with Gasteiger partial charge in [-0.15, -0.1) is 0 Å². The van der Waals surface area contributed by atoms with E-state index in [0.717, 1.165) is 29.9 Å². The first-order valence-electron chi connectivity index (χ1n) is 9.10. The van der Waals surface area contributed by atoms with Crippen molar-refractivity contribution in [2.75, 3.05) is 31.2 Å². The second kappa shape index (κ2) is 8.12. The van der Waals surface area contributed by atoms with Gasteiger partial charge < -0.3 is 15.0 Å². The van der Waals surface area contributed by atoms with Gasteiger partial charge in [-0.1, -0.05) is 17.7 Å². The van der Waals surface area contributed by atoms with Crippen LogP contribution in [0.3, 0.4) is 0 Å². The maximum atomic E-state index is 12.3. The fourth-order valence-electron chi connectivity index (χ4n) is 3.00. The zero-order chi connectivity index (χ0) is 19.5. The predicted molar refractivity (Wildman–Crippen MR) is 112 cm³/mol. The topological polar surface area (TPSA) is 79.7 Å². The minimum atomic E-state index is -0.161. The summed E-state index contributed by atoms with van der Waals surface area (Å²) in [7, 11) is 0. The van der Waals surface area contributed by atoms with Gasteiger partial charge in [0.2, 0.25) is 5.95 Å². The van der Waals surface area contributed by atoms with E-state index in [1.807, 2.05) is 26.0 Å². The number of rotatable bonds is 3. The maximum absolute atomic E-state index is 12.3. The quantitative estimate of drug-likeness (QED) is 0.805. The van der Waals surface area contributed by atoms with Crippen molar-refractivity contribution in [3.05, 3.63) is 52.2 Å². The number of carbonyl (C=O) groups excluding carboxylic acids is 1. The van der Waals surface area contributed by atoms with E-state index in [1.54, 1.807) is 18.5 Å². The number of amides is 1. The molecule has 2 aliphatic heterocycles. The van der Waals surface area contributed by atoms with Gasteiger partial charge in [0.1, 0.15) is 0 Å². The van der Waals surface area contributed by atoms with Crippen LogP contribution in [-0.2, 0) is 9.53 Å². The lowest BCUT2D eigenvalue weighted by Gasteiger charge is -2.26. The molecule has 144 valence electrons. The largest absolute Gasteiger partial charge is 0.378 e. The summed E-state index contributed by atoms with van der Waals surface area (Å²) < 4.78 is 5.35. The van der Waals surface area contributed by atoms with Gasteiger partial charge in [-0.05, 0) is 43.3 Å². The van der Waals surface area contributed by atoms with Crippen molar-refractivity contribution in [1.29, 1.82) is 0 Å². The molecule has 0 spiro atoms. The molecule has 8 heteroatoms. The summed E-state index contributed by atoms with van der Waals surface area (Å²) in [6.07, 6.45) is 5.25. The van der Waals surface area contributed by atoms with Crippen molar-refractivity contribution in [1.82, 2.24) is 15.3 Å². The zero-order valence-electron chi connectivity index (χ0n) is 15.8. The van der Waals surface area contributed by atoms with Gasteiger partial charge in [0, 0.05) is 31.0 Å². The van der Waals surface area contributed by atoms with Crippen molar-refractivity contribution in [2.45, 2.75) is 13.8 Å².